The molecule has 2 aromatic heterocycles. The van der Waals surface area contributed by atoms with Crippen LogP contribution in [0.1, 0.15) is 34.8 Å². The number of aldehydes is 1. The molecule has 2 aromatic rings. The quantitative estimate of drug-likeness (QED) is 0.607. The lowest BCUT2D eigenvalue weighted by atomic mass is 9.94. The highest BCUT2D eigenvalue weighted by atomic mass is 16.2. The van der Waals surface area contributed by atoms with E-state index in [-0.39, 0.29) is 11.8 Å². The smallest absolute Gasteiger partial charge is 0.235 e. The summed E-state index contributed by atoms with van der Waals surface area (Å²) in [5, 5.41) is 9.94. The van der Waals surface area contributed by atoms with Gasteiger partial charge in [-0.1, -0.05) is 0 Å². The fourth-order valence-corrected chi connectivity index (χ4v) is 2.30. The summed E-state index contributed by atoms with van der Waals surface area (Å²) in [5.74, 6) is -1.02. The zero-order valence-corrected chi connectivity index (χ0v) is 9.87. The number of fused-ring (bicyclic) bond motifs is 1. The number of piperidine rings is 1. The first-order valence-electron chi connectivity index (χ1n) is 5.82. The maximum atomic E-state index is 11.9. The average molecular weight is 258 g/mol. The number of rotatable bonds is 2. The molecule has 0 saturated carbocycles. The van der Waals surface area contributed by atoms with Crippen molar-refractivity contribution < 1.29 is 14.4 Å². The second-order valence-electron chi connectivity index (χ2n) is 4.36. The van der Waals surface area contributed by atoms with Crippen LogP contribution in [-0.4, -0.2) is 32.7 Å². The summed E-state index contributed by atoms with van der Waals surface area (Å²) in [7, 11) is 0. The van der Waals surface area contributed by atoms with Crippen LogP contribution in [0.4, 0.5) is 0 Å². The van der Waals surface area contributed by atoms with Crippen LogP contribution < -0.4 is 5.32 Å². The molecule has 1 N–H and O–H groups in total. The number of carbonyl (C=O) groups is 3. The van der Waals surface area contributed by atoms with Gasteiger partial charge in [0, 0.05) is 12.1 Å². The van der Waals surface area contributed by atoms with E-state index in [0.717, 1.165) is 0 Å². The van der Waals surface area contributed by atoms with Crippen LogP contribution in [0.2, 0.25) is 0 Å². The van der Waals surface area contributed by atoms with Crippen LogP contribution in [0.25, 0.3) is 5.65 Å². The number of hydrogen-bond acceptors (Lipinski definition) is 5. The van der Waals surface area contributed by atoms with Gasteiger partial charge in [-0.25, -0.2) is 0 Å². The molecule has 1 unspecified atom stereocenters. The predicted octanol–water partition coefficient (Wildman–Crippen LogP) is 0.0620. The van der Waals surface area contributed by atoms with Gasteiger partial charge < -0.3 is 0 Å². The molecule has 1 aliphatic heterocycles. The summed E-state index contributed by atoms with van der Waals surface area (Å²) < 4.78 is 1.61. The molecule has 7 nitrogen and oxygen atoms in total. The highest BCUT2D eigenvalue weighted by molar-refractivity contribution is 6.01. The third kappa shape index (κ3) is 1.79. The molecule has 3 heterocycles. The number of pyridine rings is 1. The molecular formula is C12H10N4O3. The molecule has 0 aromatic carbocycles. The topological polar surface area (TPSA) is 93.4 Å². The molecule has 1 atom stereocenters. The fraction of sp³-hybridized carbons (Fsp3) is 0.250. The molecule has 1 saturated heterocycles. The van der Waals surface area contributed by atoms with E-state index in [1.807, 2.05) is 0 Å². The molecule has 1 aliphatic rings. The molecule has 96 valence electrons. The van der Waals surface area contributed by atoms with E-state index >= 15 is 0 Å². The van der Waals surface area contributed by atoms with Gasteiger partial charge in [-0.15, -0.1) is 10.2 Å². The van der Waals surface area contributed by atoms with Gasteiger partial charge in [0.1, 0.15) is 6.33 Å². The summed E-state index contributed by atoms with van der Waals surface area (Å²) >= 11 is 0. The minimum Gasteiger partial charge on any atom is -0.298 e. The summed E-state index contributed by atoms with van der Waals surface area (Å²) in [6.45, 7) is 0. The van der Waals surface area contributed by atoms with Gasteiger partial charge in [0.2, 0.25) is 11.8 Å². The highest BCUT2D eigenvalue weighted by Crippen LogP contribution is 2.25. The summed E-state index contributed by atoms with van der Waals surface area (Å²) in [6.07, 6.45) is 2.90. The van der Waals surface area contributed by atoms with Crippen LogP contribution in [-0.2, 0) is 9.59 Å². The standard InChI is InChI=1S/C12H10N4O3/c17-5-7-1-3-9(16-6-13-15-11(7)16)8-2-4-10(18)14-12(8)19/h1,3,5-6,8H,2,4H2,(H,14,18,19). The van der Waals surface area contributed by atoms with Crippen molar-refractivity contribution in [2.75, 3.05) is 0 Å². The number of imide groups is 1. The lowest BCUT2D eigenvalue weighted by molar-refractivity contribution is -0.134. The third-order valence-corrected chi connectivity index (χ3v) is 3.24. The van der Waals surface area contributed by atoms with E-state index in [2.05, 4.69) is 15.5 Å². The van der Waals surface area contributed by atoms with E-state index in [4.69, 9.17) is 0 Å². The molecule has 19 heavy (non-hydrogen) atoms. The Kier molecular flexibility index (Phi) is 2.59. The summed E-state index contributed by atoms with van der Waals surface area (Å²) in [5.41, 5.74) is 1.50. The average Bonchev–Trinajstić information content (AvgIpc) is 2.87. The molecule has 0 spiro atoms. The van der Waals surface area contributed by atoms with Gasteiger partial charge >= 0.3 is 0 Å². The normalized spacial score (nSPS) is 19.5. The van der Waals surface area contributed by atoms with Crippen molar-refractivity contribution in [1.82, 2.24) is 19.9 Å². The Morgan fingerprint density at radius 1 is 1.37 bits per heavy atom. The third-order valence-electron chi connectivity index (χ3n) is 3.24. The van der Waals surface area contributed by atoms with Crippen molar-refractivity contribution in [1.29, 1.82) is 0 Å². The zero-order valence-electron chi connectivity index (χ0n) is 9.87. The van der Waals surface area contributed by atoms with Gasteiger partial charge in [0.25, 0.3) is 0 Å². The Balaban J connectivity index is 2.11. The molecular weight excluding hydrogens is 248 g/mol. The highest BCUT2D eigenvalue weighted by Gasteiger charge is 2.29. The Morgan fingerprint density at radius 3 is 2.95 bits per heavy atom. The molecule has 0 radical (unpaired) electrons. The molecule has 2 amide bonds. The lowest BCUT2D eigenvalue weighted by Crippen LogP contribution is -2.40. The minimum absolute atomic E-state index is 0.259. The molecule has 3 rings (SSSR count). The van der Waals surface area contributed by atoms with Crippen molar-refractivity contribution in [3.05, 3.63) is 29.7 Å². The van der Waals surface area contributed by atoms with Crippen molar-refractivity contribution >= 4 is 23.7 Å². The van der Waals surface area contributed by atoms with Crippen LogP contribution in [0.3, 0.4) is 0 Å². The van der Waals surface area contributed by atoms with Crippen LogP contribution >= 0.6 is 0 Å². The summed E-state index contributed by atoms with van der Waals surface area (Å²) in [4.78, 5) is 33.9. The monoisotopic (exact) mass is 258 g/mol. The van der Waals surface area contributed by atoms with Crippen LogP contribution in [0, 0.1) is 0 Å². The van der Waals surface area contributed by atoms with E-state index in [0.29, 0.717) is 36.0 Å². The Labute approximate surface area is 107 Å². The zero-order chi connectivity index (χ0) is 13.4. The number of carbonyl (C=O) groups excluding carboxylic acids is 3. The lowest BCUT2D eigenvalue weighted by Gasteiger charge is -2.21. The second-order valence-corrected chi connectivity index (χ2v) is 4.36. The van der Waals surface area contributed by atoms with Crippen molar-refractivity contribution in [2.24, 2.45) is 0 Å². The maximum Gasteiger partial charge on any atom is 0.235 e. The van der Waals surface area contributed by atoms with Crippen molar-refractivity contribution in [2.45, 2.75) is 18.8 Å². The van der Waals surface area contributed by atoms with Gasteiger partial charge in [0.15, 0.2) is 11.9 Å². The second kappa shape index (κ2) is 4.27. The first-order valence-corrected chi connectivity index (χ1v) is 5.82. The SMILES string of the molecule is O=Cc1ccc(C2CCC(=O)NC2=O)n2cnnc12. The largest absolute Gasteiger partial charge is 0.298 e. The molecule has 1 fully saturated rings. The number of amides is 2. The van der Waals surface area contributed by atoms with E-state index in [1.165, 1.54) is 6.33 Å². The molecule has 0 bridgehead atoms. The van der Waals surface area contributed by atoms with Gasteiger partial charge in [-0.2, -0.15) is 0 Å². The van der Waals surface area contributed by atoms with Crippen molar-refractivity contribution in [3.8, 4) is 0 Å². The first kappa shape index (κ1) is 11.5. The Hall–Kier alpha value is -2.57. The maximum absolute atomic E-state index is 11.9. The summed E-state index contributed by atoms with van der Waals surface area (Å²) in [6, 6.07) is 3.30. The van der Waals surface area contributed by atoms with Gasteiger partial charge in [-0.3, -0.25) is 24.1 Å². The van der Waals surface area contributed by atoms with E-state index in [9.17, 15) is 14.4 Å². The van der Waals surface area contributed by atoms with E-state index < -0.39 is 5.92 Å². The fourth-order valence-electron chi connectivity index (χ4n) is 2.30. The van der Waals surface area contributed by atoms with Gasteiger partial charge in [-0.05, 0) is 18.6 Å². The van der Waals surface area contributed by atoms with E-state index in [1.54, 1.807) is 16.5 Å². The number of aromatic nitrogens is 3. The molecule has 7 heteroatoms. The van der Waals surface area contributed by atoms with Crippen LogP contribution in [0.15, 0.2) is 18.5 Å². The number of nitrogens with one attached hydrogen (secondary N) is 1. The first-order chi connectivity index (χ1) is 9.20. The molecule has 0 aliphatic carbocycles. The van der Waals surface area contributed by atoms with Crippen LogP contribution in [0.5, 0.6) is 0 Å². The predicted molar refractivity (Wildman–Crippen MR) is 63.5 cm³/mol. The number of hydrogen-bond donors (Lipinski definition) is 1. The Bertz CT molecular complexity index is 691. The van der Waals surface area contributed by atoms with Gasteiger partial charge in [0.05, 0.1) is 11.5 Å². The Morgan fingerprint density at radius 2 is 2.21 bits per heavy atom. The minimum atomic E-state index is -0.433. The number of nitrogens with zero attached hydrogens (tertiary/aromatic N) is 3. The van der Waals surface area contributed by atoms with Crippen molar-refractivity contribution in [3.63, 3.8) is 0 Å².